The predicted octanol–water partition coefficient (Wildman–Crippen LogP) is 1.55. The summed E-state index contributed by atoms with van der Waals surface area (Å²) >= 11 is 1.56. The number of hydrogen-bond donors (Lipinski definition) is 2. The zero-order valence-electron chi connectivity index (χ0n) is 9.04. The highest BCUT2D eigenvalue weighted by molar-refractivity contribution is 7.09. The van der Waals surface area contributed by atoms with Gasteiger partial charge in [-0.1, -0.05) is 0 Å². The summed E-state index contributed by atoms with van der Waals surface area (Å²) in [6, 6.07) is 0. The van der Waals surface area contributed by atoms with Crippen molar-refractivity contribution >= 4 is 23.1 Å². The third-order valence-corrected chi connectivity index (χ3v) is 2.92. The first-order valence-electron chi connectivity index (χ1n) is 4.85. The molecule has 0 saturated heterocycles. The number of nitrogens with one attached hydrogen (secondary N) is 1. The van der Waals surface area contributed by atoms with Gasteiger partial charge in [-0.3, -0.25) is 0 Å². The summed E-state index contributed by atoms with van der Waals surface area (Å²) in [5, 5.41) is 14.6. The standard InChI is InChI=1S/C10H10N4O2S/c1-6-5-17-9(14-6)4-13-8-3-11-7(2-12-8)10(15)16/h2-3,5H,4H2,1H3,(H,12,13)(H,15,16). The highest BCUT2D eigenvalue weighted by Crippen LogP contribution is 2.10. The fourth-order valence-corrected chi connectivity index (χ4v) is 1.89. The molecule has 2 aromatic heterocycles. The molecule has 0 aromatic carbocycles. The first kappa shape index (κ1) is 11.5. The van der Waals surface area contributed by atoms with Crippen molar-refractivity contribution in [1.82, 2.24) is 15.0 Å². The van der Waals surface area contributed by atoms with E-state index in [-0.39, 0.29) is 5.69 Å². The zero-order valence-corrected chi connectivity index (χ0v) is 9.86. The molecule has 88 valence electrons. The first-order valence-corrected chi connectivity index (χ1v) is 5.73. The Morgan fingerprint density at radius 1 is 1.47 bits per heavy atom. The number of anilines is 1. The van der Waals surface area contributed by atoms with Crippen LogP contribution in [0.4, 0.5) is 5.82 Å². The van der Waals surface area contributed by atoms with Crippen LogP contribution in [0.15, 0.2) is 17.8 Å². The van der Waals surface area contributed by atoms with Crippen molar-refractivity contribution in [2.75, 3.05) is 5.32 Å². The summed E-state index contributed by atoms with van der Waals surface area (Å²) in [5.41, 5.74) is 0.916. The van der Waals surface area contributed by atoms with Gasteiger partial charge in [-0.05, 0) is 6.92 Å². The number of aromatic nitrogens is 3. The number of aromatic carboxylic acids is 1. The first-order chi connectivity index (χ1) is 8.15. The second kappa shape index (κ2) is 4.88. The molecule has 0 aliphatic carbocycles. The van der Waals surface area contributed by atoms with Crippen LogP contribution in [0.1, 0.15) is 21.2 Å². The Hall–Kier alpha value is -2.02. The molecule has 7 heteroatoms. The van der Waals surface area contributed by atoms with E-state index in [0.29, 0.717) is 12.4 Å². The van der Waals surface area contributed by atoms with Crippen LogP contribution in [0.2, 0.25) is 0 Å². The summed E-state index contributed by atoms with van der Waals surface area (Å²) in [4.78, 5) is 22.5. The van der Waals surface area contributed by atoms with Crippen molar-refractivity contribution in [2.45, 2.75) is 13.5 Å². The van der Waals surface area contributed by atoms with E-state index in [1.807, 2.05) is 12.3 Å². The lowest BCUT2D eigenvalue weighted by atomic mass is 10.4. The molecule has 0 amide bonds. The molecule has 0 saturated carbocycles. The molecule has 0 atom stereocenters. The Morgan fingerprint density at radius 3 is 2.82 bits per heavy atom. The third kappa shape index (κ3) is 2.97. The lowest BCUT2D eigenvalue weighted by molar-refractivity contribution is 0.0690. The molecule has 0 bridgehead atoms. The second-order valence-electron chi connectivity index (χ2n) is 3.33. The maximum atomic E-state index is 10.6. The molecule has 2 aromatic rings. The second-order valence-corrected chi connectivity index (χ2v) is 4.27. The van der Waals surface area contributed by atoms with E-state index in [0.717, 1.165) is 10.7 Å². The van der Waals surface area contributed by atoms with E-state index >= 15 is 0 Å². The van der Waals surface area contributed by atoms with Crippen LogP contribution in [0, 0.1) is 6.92 Å². The minimum atomic E-state index is -1.08. The molecular formula is C10H10N4O2S. The van der Waals surface area contributed by atoms with Crippen LogP contribution in [0.3, 0.4) is 0 Å². The number of carboxylic acids is 1. The summed E-state index contributed by atoms with van der Waals surface area (Å²) < 4.78 is 0. The van der Waals surface area contributed by atoms with Gasteiger partial charge in [0.2, 0.25) is 0 Å². The lowest BCUT2D eigenvalue weighted by Crippen LogP contribution is -2.05. The van der Waals surface area contributed by atoms with Crippen molar-refractivity contribution in [3.63, 3.8) is 0 Å². The van der Waals surface area contributed by atoms with Crippen LogP contribution in [-0.2, 0) is 6.54 Å². The van der Waals surface area contributed by atoms with E-state index in [4.69, 9.17) is 5.11 Å². The average molecular weight is 250 g/mol. The fraction of sp³-hybridized carbons (Fsp3) is 0.200. The van der Waals surface area contributed by atoms with Gasteiger partial charge in [0, 0.05) is 11.1 Å². The molecule has 0 unspecified atom stereocenters. The highest BCUT2D eigenvalue weighted by atomic mass is 32.1. The van der Waals surface area contributed by atoms with Crippen molar-refractivity contribution in [2.24, 2.45) is 0 Å². The number of carboxylic acid groups (broad SMARTS) is 1. The molecule has 0 aliphatic rings. The van der Waals surface area contributed by atoms with Crippen LogP contribution in [0.5, 0.6) is 0 Å². The number of rotatable bonds is 4. The van der Waals surface area contributed by atoms with Crippen molar-refractivity contribution in [3.05, 3.63) is 34.2 Å². The number of carbonyl (C=O) groups is 1. The van der Waals surface area contributed by atoms with E-state index in [1.54, 1.807) is 11.3 Å². The number of aryl methyl sites for hydroxylation is 1. The Morgan fingerprint density at radius 2 is 2.29 bits per heavy atom. The van der Waals surface area contributed by atoms with Gasteiger partial charge in [0.05, 0.1) is 18.9 Å². The predicted molar refractivity (Wildman–Crippen MR) is 63.2 cm³/mol. The van der Waals surface area contributed by atoms with Gasteiger partial charge < -0.3 is 10.4 Å². The van der Waals surface area contributed by atoms with Gasteiger partial charge >= 0.3 is 5.97 Å². The largest absolute Gasteiger partial charge is 0.476 e. The smallest absolute Gasteiger partial charge is 0.356 e. The Balaban J connectivity index is 1.97. The topological polar surface area (TPSA) is 88.0 Å². The lowest BCUT2D eigenvalue weighted by Gasteiger charge is -2.02. The molecule has 17 heavy (non-hydrogen) atoms. The average Bonchev–Trinajstić information content (AvgIpc) is 2.73. The minimum Gasteiger partial charge on any atom is -0.476 e. The maximum absolute atomic E-state index is 10.6. The van der Waals surface area contributed by atoms with E-state index in [1.165, 1.54) is 12.4 Å². The molecular weight excluding hydrogens is 240 g/mol. The normalized spacial score (nSPS) is 10.2. The van der Waals surface area contributed by atoms with E-state index in [2.05, 4.69) is 20.3 Å². The fourth-order valence-electron chi connectivity index (χ4n) is 1.18. The van der Waals surface area contributed by atoms with Crippen molar-refractivity contribution < 1.29 is 9.90 Å². The van der Waals surface area contributed by atoms with Crippen molar-refractivity contribution in [3.8, 4) is 0 Å². The number of thiazole rings is 1. The van der Waals surface area contributed by atoms with Crippen LogP contribution in [0.25, 0.3) is 0 Å². The summed E-state index contributed by atoms with van der Waals surface area (Å²) in [5.74, 6) is -0.553. The zero-order chi connectivity index (χ0) is 12.3. The number of hydrogen-bond acceptors (Lipinski definition) is 6. The molecule has 0 fully saturated rings. The minimum absolute atomic E-state index is 0.0688. The quantitative estimate of drug-likeness (QED) is 0.856. The monoisotopic (exact) mass is 250 g/mol. The Bertz CT molecular complexity index is 523. The van der Waals surface area contributed by atoms with Gasteiger partial charge in [0.25, 0.3) is 0 Å². The molecule has 2 N–H and O–H groups in total. The summed E-state index contributed by atoms with van der Waals surface area (Å²) in [6.45, 7) is 2.49. The Labute approximate surface area is 101 Å². The van der Waals surface area contributed by atoms with Gasteiger partial charge in [0.15, 0.2) is 5.69 Å². The maximum Gasteiger partial charge on any atom is 0.356 e. The molecule has 0 radical (unpaired) electrons. The van der Waals surface area contributed by atoms with Crippen LogP contribution < -0.4 is 5.32 Å². The van der Waals surface area contributed by atoms with Gasteiger partial charge in [-0.25, -0.2) is 19.7 Å². The van der Waals surface area contributed by atoms with Gasteiger partial charge in [-0.2, -0.15) is 0 Å². The third-order valence-electron chi connectivity index (χ3n) is 1.96. The SMILES string of the molecule is Cc1csc(CNc2cnc(C(=O)O)cn2)n1. The molecule has 2 rings (SSSR count). The molecule has 0 aliphatic heterocycles. The van der Waals surface area contributed by atoms with E-state index in [9.17, 15) is 4.79 Å². The molecule has 0 spiro atoms. The van der Waals surface area contributed by atoms with E-state index < -0.39 is 5.97 Å². The van der Waals surface area contributed by atoms with Gasteiger partial charge in [0.1, 0.15) is 10.8 Å². The summed E-state index contributed by atoms with van der Waals surface area (Å²) in [7, 11) is 0. The molecule has 2 heterocycles. The van der Waals surface area contributed by atoms with Crippen LogP contribution in [-0.4, -0.2) is 26.0 Å². The Kier molecular flexibility index (Phi) is 3.29. The highest BCUT2D eigenvalue weighted by Gasteiger charge is 2.05. The van der Waals surface area contributed by atoms with Crippen LogP contribution >= 0.6 is 11.3 Å². The van der Waals surface area contributed by atoms with Crippen molar-refractivity contribution in [1.29, 1.82) is 0 Å². The summed E-state index contributed by atoms with van der Waals surface area (Å²) in [6.07, 6.45) is 2.61. The molecule has 6 nitrogen and oxygen atoms in total. The number of nitrogens with zero attached hydrogens (tertiary/aromatic N) is 3. The van der Waals surface area contributed by atoms with Gasteiger partial charge in [-0.15, -0.1) is 11.3 Å².